The zero-order chi connectivity index (χ0) is 15.9. The van der Waals surface area contributed by atoms with E-state index in [2.05, 4.69) is 27.7 Å². The number of hydrogen-bond donors (Lipinski definition) is 2. The van der Waals surface area contributed by atoms with E-state index in [0.717, 1.165) is 44.8 Å². The van der Waals surface area contributed by atoms with Crippen LogP contribution in [0.2, 0.25) is 0 Å². The monoisotopic (exact) mass is 345 g/mol. The van der Waals surface area contributed by atoms with Crippen molar-refractivity contribution in [1.82, 2.24) is 10.2 Å². The highest BCUT2D eigenvalue weighted by Crippen LogP contribution is 2.12. The molecule has 0 bridgehead atoms. The Morgan fingerprint density at radius 1 is 1.00 bits per heavy atom. The van der Waals surface area contributed by atoms with E-state index in [0.29, 0.717) is 5.56 Å². The Morgan fingerprint density at radius 3 is 2.33 bits per heavy atom. The summed E-state index contributed by atoms with van der Waals surface area (Å²) in [6, 6.07) is 17.4. The first-order chi connectivity index (χ1) is 11.3. The van der Waals surface area contributed by atoms with Crippen molar-refractivity contribution in [2.75, 3.05) is 38.0 Å². The number of carbonyl (C=O) groups is 1. The zero-order valence-electron chi connectivity index (χ0n) is 13.7. The standard InChI is InChI=1S/C19H23N3O.ClH/c23-19(17-4-2-1-3-5-17)21-18-8-6-16(7-9-18)10-13-22-14-11-20-12-15-22;/h1-9,20H,10-15H2,(H,21,23);1H. The van der Waals surface area contributed by atoms with Crippen LogP contribution in [0.5, 0.6) is 0 Å². The molecule has 5 heteroatoms. The van der Waals surface area contributed by atoms with Gasteiger partial charge in [0.25, 0.3) is 5.91 Å². The molecule has 0 aromatic heterocycles. The van der Waals surface area contributed by atoms with Crippen LogP contribution in [0.25, 0.3) is 0 Å². The van der Waals surface area contributed by atoms with Gasteiger partial charge in [0.05, 0.1) is 0 Å². The maximum atomic E-state index is 12.1. The largest absolute Gasteiger partial charge is 0.322 e. The first-order valence-corrected chi connectivity index (χ1v) is 8.20. The summed E-state index contributed by atoms with van der Waals surface area (Å²) in [4.78, 5) is 14.6. The topological polar surface area (TPSA) is 44.4 Å². The Bertz CT molecular complexity index is 625. The number of carbonyl (C=O) groups excluding carboxylic acids is 1. The molecule has 0 aliphatic carbocycles. The predicted octanol–water partition coefficient (Wildman–Crippen LogP) is 2.81. The third kappa shape index (κ3) is 5.34. The Morgan fingerprint density at radius 2 is 1.67 bits per heavy atom. The highest BCUT2D eigenvalue weighted by Gasteiger charge is 2.09. The SMILES string of the molecule is Cl.O=C(Nc1ccc(CCN2CCNCC2)cc1)c1ccccc1. The van der Waals surface area contributed by atoms with Crippen LogP contribution in [-0.4, -0.2) is 43.5 Å². The second kappa shape index (κ2) is 9.42. The van der Waals surface area contributed by atoms with Gasteiger partial charge >= 0.3 is 0 Å². The number of benzene rings is 2. The number of hydrogen-bond acceptors (Lipinski definition) is 3. The summed E-state index contributed by atoms with van der Waals surface area (Å²) in [5.41, 5.74) is 2.82. The molecule has 2 aromatic rings. The van der Waals surface area contributed by atoms with Gasteiger partial charge in [0.2, 0.25) is 0 Å². The number of nitrogens with one attached hydrogen (secondary N) is 2. The van der Waals surface area contributed by atoms with Crippen molar-refractivity contribution in [3.05, 3.63) is 65.7 Å². The van der Waals surface area contributed by atoms with Crippen LogP contribution in [0.3, 0.4) is 0 Å². The van der Waals surface area contributed by atoms with Crippen LogP contribution >= 0.6 is 12.4 Å². The molecule has 2 N–H and O–H groups in total. The molecule has 1 amide bonds. The molecule has 2 aromatic carbocycles. The van der Waals surface area contributed by atoms with Crippen molar-refractivity contribution in [1.29, 1.82) is 0 Å². The van der Waals surface area contributed by atoms with E-state index in [1.54, 1.807) is 0 Å². The van der Waals surface area contributed by atoms with Crippen molar-refractivity contribution in [3.8, 4) is 0 Å². The quantitative estimate of drug-likeness (QED) is 0.875. The normalized spacial score (nSPS) is 14.7. The lowest BCUT2D eigenvalue weighted by Crippen LogP contribution is -2.44. The fourth-order valence-electron chi connectivity index (χ4n) is 2.77. The summed E-state index contributed by atoms with van der Waals surface area (Å²) < 4.78 is 0. The highest BCUT2D eigenvalue weighted by molar-refractivity contribution is 6.04. The molecule has 0 unspecified atom stereocenters. The van der Waals surface area contributed by atoms with Gasteiger partial charge in [-0.3, -0.25) is 4.79 Å². The van der Waals surface area contributed by atoms with E-state index in [4.69, 9.17) is 0 Å². The third-order valence-corrected chi connectivity index (χ3v) is 4.17. The van der Waals surface area contributed by atoms with Crippen LogP contribution in [0.15, 0.2) is 54.6 Å². The van der Waals surface area contributed by atoms with E-state index in [-0.39, 0.29) is 18.3 Å². The van der Waals surface area contributed by atoms with Crippen molar-refractivity contribution < 1.29 is 4.79 Å². The summed E-state index contributed by atoms with van der Waals surface area (Å²) in [6.07, 6.45) is 1.05. The van der Waals surface area contributed by atoms with Gasteiger partial charge in [-0.15, -0.1) is 12.4 Å². The third-order valence-electron chi connectivity index (χ3n) is 4.17. The molecule has 3 rings (SSSR count). The summed E-state index contributed by atoms with van der Waals surface area (Å²) in [5.74, 6) is -0.0702. The predicted molar refractivity (Wildman–Crippen MR) is 101 cm³/mol. The number of rotatable bonds is 5. The number of amides is 1. The first-order valence-electron chi connectivity index (χ1n) is 8.20. The van der Waals surface area contributed by atoms with Crippen LogP contribution < -0.4 is 10.6 Å². The van der Waals surface area contributed by atoms with Gasteiger partial charge < -0.3 is 15.5 Å². The van der Waals surface area contributed by atoms with Crippen LogP contribution in [0.4, 0.5) is 5.69 Å². The fourth-order valence-corrected chi connectivity index (χ4v) is 2.77. The van der Waals surface area contributed by atoms with Gasteiger partial charge in [-0.2, -0.15) is 0 Å². The van der Waals surface area contributed by atoms with Gasteiger partial charge in [-0.1, -0.05) is 30.3 Å². The Balaban J connectivity index is 0.00000208. The van der Waals surface area contributed by atoms with E-state index in [1.165, 1.54) is 5.56 Å². The lowest BCUT2D eigenvalue weighted by atomic mass is 10.1. The molecule has 1 aliphatic rings. The van der Waals surface area contributed by atoms with Gasteiger partial charge in [-0.05, 0) is 36.2 Å². The summed E-state index contributed by atoms with van der Waals surface area (Å²) in [5, 5.41) is 6.30. The molecule has 0 atom stereocenters. The molecule has 1 aliphatic heterocycles. The number of nitrogens with zero attached hydrogens (tertiary/aromatic N) is 1. The minimum Gasteiger partial charge on any atom is -0.322 e. The van der Waals surface area contributed by atoms with Crippen molar-refractivity contribution >= 4 is 24.0 Å². The van der Waals surface area contributed by atoms with E-state index in [9.17, 15) is 4.79 Å². The fraction of sp³-hybridized carbons (Fsp3) is 0.316. The zero-order valence-corrected chi connectivity index (χ0v) is 14.5. The lowest BCUT2D eigenvalue weighted by molar-refractivity contribution is 0.102. The van der Waals surface area contributed by atoms with Crippen molar-refractivity contribution in [2.24, 2.45) is 0 Å². The Labute approximate surface area is 149 Å². The van der Waals surface area contributed by atoms with Crippen LogP contribution in [0, 0.1) is 0 Å². The van der Waals surface area contributed by atoms with E-state index >= 15 is 0 Å². The van der Waals surface area contributed by atoms with E-state index < -0.39 is 0 Å². The smallest absolute Gasteiger partial charge is 0.255 e. The van der Waals surface area contributed by atoms with Gasteiger partial charge in [0.1, 0.15) is 0 Å². The molecular weight excluding hydrogens is 322 g/mol. The maximum absolute atomic E-state index is 12.1. The summed E-state index contributed by atoms with van der Waals surface area (Å²) in [7, 11) is 0. The lowest BCUT2D eigenvalue weighted by Gasteiger charge is -2.27. The molecule has 4 nitrogen and oxygen atoms in total. The Hall–Kier alpha value is -1.88. The molecule has 0 radical (unpaired) electrons. The number of halogens is 1. The Kier molecular flexibility index (Phi) is 7.25. The van der Waals surface area contributed by atoms with Crippen LogP contribution in [0.1, 0.15) is 15.9 Å². The molecule has 128 valence electrons. The van der Waals surface area contributed by atoms with E-state index in [1.807, 2.05) is 42.5 Å². The highest BCUT2D eigenvalue weighted by atomic mass is 35.5. The average molecular weight is 346 g/mol. The molecule has 0 spiro atoms. The summed E-state index contributed by atoms with van der Waals surface area (Å²) >= 11 is 0. The molecular formula is C19H24ClN3O. The van der Waals surface area contributed by atoms with Crippen LogP contribution in [-0.2, 0) is 6.42 Å². The number of piperazine rings is 1. The molecule has 1 saturated heterocycles. The van der Waals surface area contributed by atoms with Gasteiger partial charge in [0, 0.05) is 44.0 Å². The molecule has 1 fully saturated rings. The molecule has 0 saturated carbocycles. The van der Waals surface area contributed by atoms with Gasteiger partial charge in [-0.25, -0.2) is 0 Å². The number of anilines is 1. The van der Waals surface area contributed by atoms with Crippen molar-refractivity contribution in [3.63, 3.8) is 0 Å². The second-order valence-electron chi connectivity index (χ2n) is 5.86. The summed E-state index contributed by atoms with van der Waals surface area (Å²) in [6.45, 7) is 5.53. The first kappa shape index (κ1) is 18.5. The average Bonchev–Trinajstić information content (AvgIpc) is 2.63. The second-order valence-corrected chi connectivity index (χ2v) is 5.86. The molecule has 24 heavy (non-hydrogen) atoms. The minimum atomic E-state index is -0.0702. The van der Waals surface area contributed by atoms with Crippen molar-refractivity contribution in [2.45, 2.75) is 6.42 Å². The molecule has 1 heterocycles. The maximum Gasteiger partial charge on any atom is 0.255 e. The van der Waals surface area contributed by atoms with Gasteiger partial charge in [0.15, 0.2) is 0 Å². The minimum absolute atomic E-state index is 0.